The van der Waals surface area contributed by atoms with Crippen LogP contribution in [0.5, 0.6) is 0 Å². The van der Waals surface area contributed by atoms with Crippen molar-refractivity contribution in [2.75, 3.05) is 26.2 Å². The largest absolute Gasteiger partial charge is 0.344 e. The predicted octanol–water partition coefficient (Wildman–Crippen LogP) is -0.428. The van der Waals surface area contributed by atoms with E-state index in [-0.39, 0.29) is 17.9 Å². The van der Waals surface area contributed by atoms with Crippen LogP contribution in [0.2, 0.25) is 0 Å². The van der Waals surface area contributed by atoms with Gasteiger partial charge in [-0.25, -0.2) is 0 Å². The maximum atomic E-state index is 12.1. The van der Waals surface area contributed by atoms with Crippen molar-refractivity contribution < 1.29 is 9.59 Å². The molecule has 0 spiro atoms. The van der Waals surface area contributed by atoms with Gasteiger partial charge in [-0.2, -0.15) is 0 Å². The number of carbonyl (C=O) groups is 2. The smallest absolute Gasteiger partial charge is 0.245 e. The Labute approximate surface area is 101 Å². The molecule has 94 valence electrons. The van der Waals surface area contributed by atoms with E-state index in [2.05, 4.69) is 10.2 Å². The summed E-state index contributed by atoms with van der Waals surface area (Å²) in [5.74, 6) is 0.131. The van der Waals surface area contributed by atoms with Gasteiger partial charge in [0.25, 0.3) is 0 Å². The summed E-state index contributed by atoms with van der Waals surface area (Å²) in [5, 5.41) is 2.75. The molecule has 1 N–H and O–H groups in total. The Bertz CT molecular complexity index is 333. The molecule has 3 fully saturated rings. The van der Waals surface area contributed by atoms with Crippen LogP contribution in [0.25, 0.3) is 0 Å². The Morgan fingerprint density at radius 2 is 1.82 bits per heavy atom. The third-order valence-electron chi connectivity index (χ3n) is 3.98. The van der Waals surface area contributed by atoms with E-state index >= 15 is 0 Å². The van der Waals surface area contributed by atoms with E-state index in [1.165, 1.54) is 12.8 Å². The summed E-state index contributed by atoms with van der Waals surface area (Å²) >= 11 is 0. The highest BCUT2D eigenvalue weighted by molar-refractivity contribution is 5.90. The van der Waals surface area contributed by atoms with E-state index in [1.54, 1.807) is 0 Å². The summed E-state index contributed by atoms with van der Waals surface area (Å²) in [6.45, 7) is 3.64. The predicted molar refractivity (Wildman–Crippen MR) is 62.3 cm³/mol. The maximum Gasteiger partial charge on any atom is 0.245 e. The SMILES string of the molecule is O=C1CCC(C(=O)N2CCN(C3CC3)CC2)N1. The summed E-state index contributed by atoms with van der Waals surface area (Å²) in [5.41, 5.74) is 0. The van der Waals surface area contributed by atoms with Crippen molar-refractivity contribution >= 4 is 11.8 Å². The molecule has 17 heavy (non-hydrogen) atoms. The Hall–Kier alpha value is -1.10. The summed E-state index contributed by atoms with van der Waals surface area (Å²) < 4.78 is 0. The summed E-state index contributed by atoms with van der Waals surface area (Å²) in [7, 11) is 0. The van der Waals surface area contributed by atoms with E-state index in [0.717, 1.165) is 32.2 Å². The van der Waals surface area contributed by atoms with E-state index in [9.17, 15) is 9.59 Å². The van der Waals surface area contributed by atoms with Crippen molar-refractivity contribution in [1.29, 1.82) is 0 Å². The molecule has 3 rings (SSSR count). The quantitative estimate of drug-likeness (QED) is 0.709. The number of rotatable bonds is 2. The average molecular weight is 237 g/mol. The standard InChI is InChI=1S/C12H19N3O2/c16-11-4-3-10(13-11)12(17)15-7-5-14(6-8-15)9-1-2-9/h9-10H,1-8H2,(H,13,16). The second kappa shape index (κ2) is 4.29. The molecule has 1 aliphatic carbocycles. The fraction of sp³-hybridized carbons (Fsp3) is 0.833. The Morgan fingerprint density at radius 1 is 1.12 bits per heavy atom. The minimum atomic E-state index is -0.255. The van der Waals surface area contributed by atoms with E-state index in [4.69, 9.17) is 0 Å². The lowest BCUT2D eigenvalue weighted by Gasteiger charge is -2.35. The first-order valence-electron chi connectivity index (χ1n) is 6.56. The van der Waals surface area contributed by atoms with Gasteiger partial charge in [-0.05, 0) is 19.3 Å². The molecule has 2 saturated heterocycles. The first-order valence-corrected chi connectivity index (χ1v) is 6.56. The minimum Gasteiger partial charge on any atom is -0.344 e. The van der Waals surface area contributed by atoms with Gasteiger partial charge in [-0.3, -0.25) is 14.5 Å². The van der Waals surface area contributed by atoms with Crippen molar-refractivity contribution in [2.45, 2.75) is 37.8 Å². The molecule has 0 aromatic carbocycles. The molecule has 2 amide bonds. The van der Waals surface area contributed by atoms with Gasteiger partial charge in [-0.15, -0.1) is 0 Å². The molecule has 0 bridgehead atoms. The molecule has 0 aromatic rings. The first kappa shape index (κ1) is 11.0. The molecule has 2 aliphatic heterocycles. The molecule has 0 aromatic heterocycles. The molecule has 1 atom stereocenters. The van der Waals surface area contributed by atoms with Crippen molar-refractivity contribution in [1.82, 2.24) is 15.1 Å². The monoisotopic (exact) mass is 237 g/mol. The third kappa shape index (κ3) is 2.29. The van der Waals surface area contributed by atoms with Crippen molar-refractivity contribution in [3.8, 4) is 0 Å². The Kier molecular flexibility index (Phi) is 2.78. The molecule has 1 unspecified atom stereocenters. The van der Waals surface area contributed by atoms with Gasteiger partial charge in [0.2, 0.25) is 11.8 Å². The number of hydrogen-bond acceptors (Lipinski definition) is 3. The van der Waals surface area contributed by atoms with Crippen molar-refractivity contribution in [2.24, 2.45) is 0 Å². The normalized spacial score (nSPS) is 30.5. The molecule has 2 heterocycles. The zero-order valence-corrected chi connectivity index (χ0v) is 10.0. The molecule has 3 aliphatic rings. The van der Waals surface area contributed by atoms with Gasteiger partial charge in [0.05, 0.1) is 0 Å². The van der Waals surface area contributed by atoms with Crippen LogP contribution < -0.4 is 5.32 Å². The maximum absolute atomic E-state index is 12.1. The van der Waals surface area contributed by atoms with E-state index in [0.29, 0.717) is 12.8 Å². The number of amides is 2. The van der Waals surface area contributed by atoms with Gasteiger partial charge in [0.1, 0.15) is 6.04 Å². The van der Waals surface area contributed by atoms with Gasteiger partial charge < -0.3 is 10.2 Å². The second-order valence-corrected chi connectivity index (χ2v) is 5.25. The highest BCUT2D eigenvalue weighted by atomic mass is 16.2. The zero-order chi connectivity index (χ0) is 11.8. The van der Waals surface area contributed by atoms with Crippen LogP contribution in [0, 0.1) is 0 Å². The third-order valence-corrected chi connectivity index (χ3v) is 3.98. The van der Waals surface area contributed by atoms with Crippen LogP contribution in [0.3, 0.4) is 0 Å². The van der Waals surface area contributed by atoms with Crippen LogP contribution in [-0.2, 0) is 9.59 Å². The molecular formula is C12H19N3O2. The number of piperazine rings is 1. The topological polar surface area (TPSA) is 52.7 Å². The highest BCUT2D eigenvalue weighted by Crippen LogP contribution is 2.27. The number of nitrogens with one attached hydrogen (secondary N) is 1. The molecule has 5 heteroatoms. The molecule has 5 nitrogen and oxygen atoms in total. The van der Waals surface area contributed by atoms with Gasteiger partial charge in [-0.1, -0.05) is 0 Å². The molecular weight excluding hydrogens is 218 g/mol. The summed E-state index contributed by atoms with van der Waals surface area (Å²) in [4.78, 5) is 27.6. The Balaban J connectivity index is 1.51. The summed E-state index contributed by atoms with van der Waals surface area (Å²) in [6.07, 6.45) is 3.82. The van der Waals surface area contributed by atoms with Gasteiger partial charge >= 0.3 is 0 Å². The van der Waals surface area contributed by atoms with E-state index < -0.39 is 0 Å². The van der Waals surface area contributed by atoms with Gasteiger partial charge in [0, 0.05) is 38.6 Å². The van der Waals surface area contributed by atoms with Gasteiger partial charge in [0.15, 0.2) is 0 Å². The molecule has 0 radical (unpaired) electrons. The van der Waals surface area contributed by atoms with Crippen LogP contribution in [0.4, 0.5) is 0 Å². The second-order valence-electron chi connectivity index (χ2n) is 5.25. The fourth-order valence-corrected chi connectivity index (χ4v) is 2.77. The average Bonchev–Trinajstić information content (AvgIpc) is 3.11. The zero-order valence-electron chi connectivity index (χ0n) is 10.0. The van der Waals surface area contributed by atoms with Crippen LogP contribution in [0.15, 0.2) is 0 Å². The summed E-state index contributed by atoms with van der Waals surface area (Å²) in [6, 6.07) is 0.536. The minimum absolute atomic E-state index is 0.0139. The number of hydrogen-bond donors (Lipinski definition) is 1. The fourth-order valence-electron chi connectivity index (χ4n) is 2.77. The Morgan fingerprint density at radius 3 is 2.35 bits per heavy atom. The first-order chi connectivity index (χ1) is 8.24. The van der Waals surface area contributed by atoms with E-state index in [1.807, 2.05) is 4.90 Å². The van der Waals surface area contributed by atoms with Crippen molar-refractivity contribution in [3.05, 3.63) is 0 Å². The molecule has 1 saturated carbocycles. The van der Waals surface area contributed by atoms with Crippen molar-refractivity contribution in [3.63, 3.8) is 0 Å². The lowest BCUT2D eigenvalue weighted by atomic mass is 10.2. The van der Waals surface area contributed by atoms with Crippen LogP contribution in [-0.4, -0.2) is 59.9 Å². The number of nitrogens with zero attached hydrogens (tertiary/aromatic N) is 2. The lowest BCUT2D eigenvalue weighted by Crippen LogP contribution is -2.53. The lowest BCUT2D eigenvalue weighted by molar-refractivity contribution is -0.136. The highest BCUT2D eigenvalue weighted by Gasteiger charge is 2.35. The van der Waals surface area contributed by atoms with Crippen LogP contribution in [0.1, 0.15) is 25.7 Å². The number of carbonyl (C=O) groups excluding carboxylic acids is 2. The van der Waals surface area contributed by atoms with Crippen LogP contribution >= 0.6 is 0 Å².